The van der Waals surface area contributed by atoms with Crippen LogP contribution in [0, 0.1) is 13.8 Å². The third kappa shape index (κ3) is 3.56. The minimum atomic E-state index is -0.412. The molecule has 0 radical (unpaired) electrons. The Balaban J connectivity index is 2.21. The molecule has 3 rings (SSSR count). The normalized spacial score (nSPS) is 11.9. The summed E-state index contributed by atoms with van der Waals surface area (Å²) < 4.78 is 3.06. The summed E-state index contributed by atoms with van der Waals surface area (Å²) in [4.78, 5) is 17.5. The average molecular weight is 391 g/mol. The monoisotopic (exact) mass is 390 g/mol. The number of rotatable bonds is 3. The number of nitrogens with zero attached hydrogens (tertiary/aromatic N) is 2. The number of amides is 1. The molecule has 0 bridgehead atoms. The average Bonchev–Trinajstić information content (AvgIpc) is 2.87. The fraction of sp³-hybridized carbons (Fsp3) is 0.158. The molecule has 6 heteroatoms. The van der Waals surface area contributed by atoms with E-state index in [9.17, 15) is 4.79 Å². The highest BCUT2D eigenvalue weighted by Crippen LogP contribution is 2.23. The van der Waals surface area contributed by atoms with Crippen molar-refractivity contribution in [2.24, 2.45) is 4.99 Å². The maximum Gasteiger partial charge on any atom is 0.281 e. The topological polar surface area (TPSA) is 34.4 Å². The number of hydrogen-bond acceptors (Lipinski definition) is 2. The standard InChI is InChI=1S/C19H16Cl2N2OS/c1-4-7-23-16-8-11(2)12(3)9-17(16)25-19(23)22-18(24)14-10-13(20)5-6-15(14)21/h4-6,8-10H,1,7H2,2-3H3. The zero-order valence-corrected chi connectivity index (χ0v) is 16.2. The quantitative estimate of drug-likeness (QED) is 0.539. The number of aromatic nitrogens is 1. The van der Waals surface area contributed by atoms with Gasteiger partial charge in [-0.15, -0.1) is 6.58 Å². The Hall–Kier alpha value is -1.88. The third-order valence-corrected chi connectivity index (χ3v) is 5.57. The van der Waals surface area contributed by atoms with Crippen molar-refractivity contribution in [3.05, 3.63) is 74.5 Å². The molecule has 0 fully saturated rings. The lowest BCUT2D eigenvalue weighted by atomic mass is 10.1. The molecule has 3 nitrogen and oxygen atoms in total. The third-order valence-electron chi connectivity index (χ3n) is 3.97. The highest BCUT2D eigenvalue weighted by molar-refractivity contribution is 7.16. The predicted octanol–water partition coefficient (Wildman–Crippen LogP) is 5.55. The second-order valence-corrected chi connectivity index (χ2v) is 7.58. The van der Waals surface area contributed by atoms with E-state index in [0.717, 1.165) is 10.2 Å². The van der Waals surface area contributed by atoms with Gasteiger partial charge in [-0.3, -0.25) is 4.79 Å². The van der Waals surface area contributed by atoms with Crippen LogP contribution in [-0.2, 0) is 6.54 Å². The Labute approximate surface area is 159 Å². The number of carbonyl (C=O) groups is 1. The van der Waals surface area contributed by atoms with Gasteiger partial charge in [0.25, 0.3) is 5.91 Å². The van der Waals surface area contributed by atoms with Gasteiger partial charge >= 0.3 is 0 Å². The molecule has 25 heavy (non-hydrogen) atoms. The van der Waals surface area contributed by atoms with Crippen LogP contribution in [0.2, 0.25) is 10.0 Å². The van der Waals surface area contributed by atoms with Crippen LogP contribution in [0.25, 0.3) is 10.2 Å². The molecule has 0 saturated heterocycles. The summed E-state index contributed by atoms with van der Waals surface area (Å²) >= 11 is 13.6. The number of benzene rings is 2. The number of halogens is 2. The number of fused-ring (bicyclic) bond motifs is 1. The Kier molecular flexibility index (Phi) is 5.13. The molecule has 0 N–H and O–H groups in total. The van der Waals surface area contributed by atoms with Crippen LogP contribution >= 0.6 is 34.5 Å². The molecule has 0 aliphatic carbocycles. The molecule has 1 aromatic heterocycles. The van der Waals surface area contributed by atoms with E-state index in [0.29, 0.717) is 27.0 Å². The van der Waals surface area contributed by atoms with E-state index in [1.807, 2.05) is 4.57 Å². The molecule has 0 unspecified atom stereocenters. The van der Waals surface area contributed by atoms with Gasteiger partial charge in [0.2, 0.25) is 0 Å². The molecule has 3 aromatic rings. The van der Waals surface area contributed by atoms with Crippen LogP contribution < -0.4 is 4.80 Å². The SMILES string of the molecule is C=CCn1c(=NC(=O)c2cc(Cl)ccc2Cl)sc2cc(C)c(C)cc21. The van der Waals surface area contributed by atoms with Crippen LogP contribution in [0.3, 0.4) is 0 Å². The van der Waals surface area contributed by atoms with Crippen LogP contribution in [-0.4, -0.2) is 10.5 Å². The van der Waals surface area contributed by atoms with Crippen LogP contribution in [0.4, 0.5) is 0 Å². The highest BCUT2D eigenvalue weighted by Gasteiger charge is 2.13. The smallest absolute Gasteiger partial charge is 0.281 e. The number of allylic oxidation sites excluding steroid dienone is 1. The fourth-order valence-electron chi connectivity index (χ4n) is 2.52. The Morgan fingerprint density at radius 3 is 2.68 bits per heavy atom. The number of hydrogen-bond donors (Lipinski definition) is 0. The van der Waals surface area contributed by atoms with Gasteiger partial charge < -0.3 is 4.57 Å². The molecule has 1 amide bonds. The van der Waals surface area contributed by atoms with Crippen molar-refractivity contribution in [2.45, 2.75) is 20.4 Å². The van der Waals surface area contributed by atoms with Crippen molar-refractivity contribution in [2.75, 3.05) is 0 Å². The van der Waals surface area contributed by atoms with Gasteiger partial charge in [0.1, 0.15) is 0 Å². The first kappa shape index (κ1) is 17.9. The van der Waals surface area contributed by atoms with Gasteiger partial charge in [0, 0.05) is 11.6 Å². The van der Waals surface area contributed by atoms with Crippen molar-refractivity contribution < 1.29 is 4.79 Å². The lowest BCUT2D eigenvalue weighted by molar-refractivity contribution is 0.0998. The fourth-order valence-corrected chi connectivity index (χ4v) is 4.01. The molecule has 1 heterocycles. The number of thiazole rings is 1. The Morgan fingerprint density at radius 2 is 1.96 bits per heavy atom. The summed E-state index contributed by atoms with van der Waals surface area (Å²) in [7, 11) is 0. The predicted molar refractivity (Wildman–Crippen MR) is 106 cm³/mol. The van der Waals surface area contributed by atoms with E-state index in [2.05, 4.69) is 37.6 Å². The first-order valence-corrected chi connectivity index (χ1v) is 9.23. The van der Waals surface area contributed by atoms with Gasteiger partial charge in [-0.1, -0.05) is 40.6 Å². The van der Waals surface area contributed by atoms with Crippen LogP contribution in [0.5, 0.6) is 0 Å². The van der Waals surface area contributed by atoms with Gasteiger partial charge in [-0.2, -0.15) is 4.99 Å². The summed E-state index contributed by atoms with van der Waals surface area (Å²) in [5.41, 5.74) is 3.73. The van der Waals surface area contributed by atoms with Gasteiger partial charge in [-0.05, 0) is 55.3 Å². The summed E-state index contributed by atoms with van der Waals surface area (Å²) in [6.07, 6.45) is 1.79. The minimum Gasteiger partial charge on any atom is -0.312 e. The zero-order valence-electron chi connectivity index (χ0n) is 13.8. The number of carbonyl (C=O) groups excluding carboxylic acids is 1. The van der Waals surface area contributed by atoms with Gasteiger partial charge in [-0.25, -0.2) is 0 Å². The molecule has 128 valence electrons. The lowest BCUT2D eigenvalue weighted by Crippen LogP contribution is -2.16. The highest BCUT2D eigenvalue weighted by atomic mass is 35.5. The summed E-state index contributed by atoms with van der Waals surface area (Å²) in [6, 6.07) is 9.01. The molecular weight excluding hydrogens is 375 g/mol. The zero-order chi connectivity index (χ0) is 18.1. The summed E-state index contributed by atoms with van der Waals surface area (Å²) in [6.45, 7) is 8.51. The summed E-state index contributed by atoms with van der Waals surface area (Å²) in [5, 5.41) is 0.783. The van der Waals surface area contributed by atoms with Gasteiger partial charge in [0.05, 0.1) is 20.8 Å². The van der Waals surface area contributed by atoms with E-state index >= 15 is 0 Å². The molecule has 0 atom stereocenters. The summed E-state index contributed by atoms with van der Waals surface area (Å²) in [5.74, 6) is -0.412. The molecular formula is C19H16Cl2N2OS. The second-order valence-electron chi connectivity index (χ2n) is 5.73. The Morgan fingerprint density at radius 1 is 1.24 bits per heavy atom. The van der Waals surface area contributed by atoms with E-state index in [4.69, 9.17) is 23.2 Å². The molecule has 0 spiro atoms. The largest absolute Gasteiger partial charge is 0.312 e. The lowest BCUT2D eigenvalue weighted by Gasteiger charge is -2.04. The van der Waals surface area contributed by atoms with Crippen molar-refractivity contribution >= 4 is 50.7 Å². The maximum atomic E-state index is 12.6. The maximum absolute atomic E-state index is 12.6. The molecule has 0 aliphatic heterocycles. The Bertz CT molecular complexity index is 1060. The van der Waals surface area contributed by atoms with Crippen molar-refractivity contribution in [3.63, 3.8) is 0 Å². The first-order chi connectivity index (χ1) is 11.9. The second kappa shape index (κ2) is 7.16. The number of aryl methyl sites for hydroxylation is 2. The van der Waals surface area contributed by atoms with Crippen molar-refractivity contribution in [3.8, 4) is 0 Å². The van der Waals surface area contributed by atoms with E-state index in [1.165, 1.54) is 28.5 Å². The van der Waals surface area contributed by atoms with Gasteiger partial charge in [0.15, 0.2) is 4.80 Å². The van der Waals surface area contributed by atoms with Crippen LogP contribution in [0.1, 0.15) is 21.5 Å². The molecule has 0 saturated carbocycles. The van der Waals surface area contributed by atoms with E-state index in [1.54, 1.807) is 18.2 Å². The van der Waals surface area contributed by atoms with Crippen molar-refractivity contribution in [1.82, 2.24) is 4.57 Å². The first-order valence-electron chi connectivity index (χ1n) is 7.66. The minimum absolute atomic E-state index is 0.295. The van der Waals surface area contributed by atoms with Crippen molar-refractivity contribution in [1.29, 1.82) is 0 Å². The van der Waals surface area contributed by atoms with E-state index in [-0.39, 0.29) is 0 Å². The van der Waals surface area contributed by atoms with E-state index < -0.39 is 5.91 Å². The molecule has 2 aromatic carbocycles. The molecule has 0 aliphatic rings. The van der Waals surface area contributed by atoms with Crippen LogP contribution in [0.15, 0.2) is 48.0 Å².